The van der Waals surface area contributed by atoms with Crippen LogP contribution in [0.5, 0.6) is 0 Å². The molecule has 5 rings (SSSR count). The minimum atomic E-state index is -0.397. The summed E-state index contributed by atoms with van der Waals surface area (Å²) in [5.74, 6) is 1.10. The van der Waals surface area contributed by atoms with Gasteiger partial charge in [0.25, 0.3) is 5.56 Å². The van der Waals surface area contributed by atoms with Gasteiger partial charge in [0.2, 0.25) is 5.95 Å². The molecule has 1 aliphatic heterocycles. The van der Waals surface area contributed by atoms with E-state index in [4.69, 9.17) is 16.6 Å². The van der Waals surface area contributed by atoms with Crippen LogP contribution in [0.2, 0.25) is 5.02 Å². The molecule has 3 heterocycles. The monoisotopic (exact) mass is 463 g/mol. The minimum Gasteiger partial charge on any atom is -0.342 e. The SMILES string of the molecule is C[C@@H]1CN(CCc2ccccc2)c2nc3c(c(=O)n(Cc4ccccc4Cl)c(=O)n3C)n2C1. The van der Waals surface area contributed by atoms with Gasteiger partial charge in [0.15, 0.2) is 11.2 Å². The summed E-state index contributed by atoms with van der Waals surface area (Å²) in [6, 6.07) is 17.6. The Balaban J connectivity index is 1.60. The van der Waals surface area contributed by atoms with Crippen LogP contribution < -0.4 is 16.1 Å². The highest BCUT2D eigenvalue weighted by Gasteiger charge is 2.29. The summed E-state index contributed by atoms with van der Waals surface area (Å²) in [7, 11) is 1.67. The van der Waals surface area contributed by atoms with E-state index in [1.165, 1.54) is 14.7 Å². The van der Waals surface area contributed by atoms with E-state index in [-0.39, 0.29) is 12.1 Å². The van der Waals surface area contributed by atoms with Gasteiger partial charge in [0, 0.05) is 31.7 Å². The van der Waals surface area contributed by atoms with Crippen LogP contribution in [0.3, 0.4) is 0 Å². The van der Waals surface area contributed by atoms with Gasteiger partial charge in [-0.15, -0.1) is 0 Å². The van der Waals surface area contributed by atoms with E-state index in [0.717, 1.165) is 31.0 Å². The van der Waals surface area contributed by atoms with Crippen LogP contribution >= 0.6 is 11.6 Å². The van der Waals surface area contributed by atoms with Crippen molar-refractivity contribution in [3.8, 4) is 0 Å². The van der Waals surface area contributed by atoms with Gasteiger partial charge in [0.1, 0.15) is 0 Å². The van der Waals surface area contributed by atoms with E-state index in [1.807, 2.05) is 41.0 Å². The van der Waals surface area contributed by atoms with Gasteiger partial charge in [-0.3, -0.25) is 13.9 Å². The molecule has 7 nitrogen and oxygen atoms in total. The van der Waals surface area contributed by atoms with E-state index in [1.54, 1.807) is 13.1 Å². The van der Waals surface area contributed by atoms with E-state index < -0.39 is 5.69 Å². The third-order valence-corrected chi connectivity index (χ3v) is 6.69. The van der Waals surface area contributed by atoms with Crippen LogP contribution in [0.25, 0.3) is 11.2 Å². The Kier molecular flexibility index (Phi) is 5.58. The molecule has 170 valence electrons. The van der Waals surface area contributed by atoms with Crippen molar-refractivity contribution in [2.24, 2.45) is 13.0 Å². The maximum atomic E-state index is 13.6. The molecular weight excluding hydrogens is 438 g/mol. The zero-order valence-electron chi connectivity index (χ0n) is 18.7. The maximum Gasteiger partial charge on any atom is 0.332 e. The van der Waals surface area contributed by atoms with Gasteiger partial charge < -0.3 is 9.47 Å². The van der Waals surface area contributed by atoms with Crippen molar-refractivity contribution in [3.05, 3.63) is 91.6 Å². The summed E-state index contributed by atoms with van der Waals surface area (Å²) in [4.78, 5) is 33.7. The summed E-state index contributed by atoms with van der Waals surface area (Å²) in [5.41, 5.74) is 2.15. The number of nitrogens with zero attached hydrogens (tertiary/aromatic N) is 5. The molecule has 0 radical (unpaired) electrons. The van der Waals surface area contributed by atoms with Crippen molar-refractivity contribution in [1.82, 2.24) is 18.7 Å². The summed E-state index contributed by atoms with van der Waals surface area (Å²) < 4.78 is 4.71. The number of hydrogen-bond donors (Lipinski definition) is 0. The summed E-state index contributed by atoms with van der Waals surface area (Å²) in [6.07, 6.45) is 0.881. The van der Waals surface area contributed by atoms with Crippen LogP contribution in [0, 0.1) is 5.92 Å². The van der Waals surface area contributed by atoms with E-state index in [9.17, 15) is 9.59 Å². The molecule has 8 heteroatoms. The highest BCUT2D eigenvalue weighted by molar-refractivity contribution is 6.31. The zero-order valence-corrected chi connectivity index (χ0v) is 19.5. The second-order valence-electron chi connectivity index (χ2n) is 8.81. The molecule has 1 atom stereocenters. The molecule has 0 fully saturated rings. The molecule has 0 saturated heterocycles. The van der Waals surface area contributed by atoms with Crippen molar-refractivity contribution in [3.63, 3.8) is 0 Å². The minimum absolute atomic E-state index is 0.120. The zero-order chi connectivity index (χ0) is 23.1. The lowest BCUT2D eigenvalue weighted by atomic mass is 10.1. The molecular formula is C25H26ClN5O2. The lowest BCUT2D eigenvalue weighted by Crippen LogP contribution is -2.41. The standard InChI is InChI=1S/C25H26ClN5O2/c1-17-14-29(13-12-18-8-4-3-5-9-18)24-27-22-21(30(24)15-17)23(32)31(25(33)28(22)2)16-19-10-6-7-11-20(19)26/h3-11,17H,12-16H2,1-2H3/t17-/m1/s1. The summed E-state index contributed by atoms with van der Waals surface area (Å²) in [6.45, 7) is 4.63. The highest BCUT2D eigenvalue weighted by atomic mass is 35.5. The fourth-order valence-corrected chi connectivity index (χ4v) is 4.83. The number of imidazole rings is 1. The number of fused-ring (bicyclic) bond motifs is 3. The predicted molar refractivity (Wildman–Crippen MR) is 131 cm³/mol. The fourth-order valence-electron chi connectivity index (χ4n) is 4.64. The van der Waals surface area contributed by atoms with Crippen LogP contribution in [0.4, 0.5) is 5.95 Å². The number of aromatic nitrogens is 4. The lowest BCUT2D eigenvalue weighted by Gasteiger charge is -2.33. The molecule has 0 saturated carbocycles. The van der Waals surface area contributed by atoms with Crippen LogP contribution in [0.15, 0.2) is 64.2 Å². The second-order valence-corrected chi connectivity index (χ2v) is 9.21. The van der Waals surface area contributed by atoms with Gasteiger partial charge in [-0.2, -0.15) is 4.98 Å². The smallest absolute Gasteiger partial charge is 0.332 e. The molecule has 0 bridgehead atoms. The highest BCUT2D eigenvalue weighted by Crippen LogP contribution is 2.27. The number of benzene rings is 2. The predicted octanol–water partition coefficient (Wildman–Crippen LogP) is 3.30. The van der Waals surface area contributed by atoms with Gasteiger partial charge in [-0.1, -0.05) is 67.1 Å². The topological polar surface area (TPSA) is 65.1 Å². The molecule has 0 aliphatic carbocycles. The van der Waals surface area contributed by atoms with E-state index in [2.05, 4.69) is 24.0 Å². The number of anilines is 1. The van der Waals surface area contributed by atoms with Crippen LogP contribution in [0.1, 0.15) is 18.1 Å². The van der Waals surface area contributed by atoms with Crippen molar-refractivity contribution in [2.75, 3.05) is 18.0 Å². The normalized spacial score (nSPS) is 15.7. The first-order valence-corrected chi connectivity index (χ1v) is 11.5. The maximum absolute atomic E-state index is 13.6. The first kappa shape index (κ1) is 21.5. The lowest BCUT2D eigenvalue weighted by molar-refractivity contribution is 0.437. The van der Waals surface area contributed by atoms with Crippen LogP contribution in [-0.4, -0.2) is 31.8 Å². The van der Waals surface area contributed by atoms with Crippen molar-refractivity contribution >= 4 is 28.7 Å². The Morgan fingerprint density at radius 3 is 2.52 bits per heavy atom. The first-order chi connectivity index (χ1) is 15.9. The van der Waals surface area contributed by atoms with E-state index in [0.29, 0.717) is 28.6 Å². The third kappa shape index (κ3) is 3.86. The molecule has 2 aromatic carbocycles. The number of aryl methyl sites for hydroxylation is 1. The van der Waals surface area contributed by atoms with Gasteiger partial charge in [-0.05, 0) is 29.5 Å². The average molecular weight is 464 g/mol. The third-order valence-electron chi connectivity index (χ3n) is 6.32. The number of rotatable bonds is 5. The number of hydrogen-bond acceptors (Lipinski definition) is 4. The molecule has 33 heavy (non-hydrogen) atoms. The summed E-state index contributed by atoms with van der Waals surface area (Å²) in [5, 5.41) is 0.530. The van der Waals surface area contributed by atoms with Crippen LogP contribution in [-0.2, 0) is 26.6 Å². The largest absolute Gasteiger partial charge is 0.342 e. The van der Waals surface area contributed by atoms with Gasteiger partial charge in [-0.25, -0.2) is 4.79 Å². The Hall–Kier alpha value is -3.32. The molecule has 1 aliphatic rings. The first-order valence-electron chi connectivity index (χ1n) is 11.2. The van der Waals surface area contributed by atoms with E-state index >= 15 is 0 Å². The van der Waals surface area contributed by atoms with Crippen molar-refractivity contribution < 1.29 is 0 Å². The molecule has 2 aromatic heterocycles. The quantitative estimate of drug-likeness (QED) is 0.455. The molecule has 0 N–H and O–H groups in total. The van der Waals surface area contributed by atoms with Gasteiger partial charge >= 0.3 is 5.69 Å². The second kappa shape index (κ2) is 8.56. The molecule has 0 amide bonds. The molecule has 4 aromatic rings. The Labute approximate surface area is 196 Å². The fraction of sp³-hybridized carbons (Fsp3) is 0.320. The Morgan fingerprint density at radius 1 is 1.03 bits per heavy atom. The van der Waals surface area contributed by atoms with Crippen molar-refractivity contribution in [2.45, 2.75) is 26.4 Å². The molecule has 0 unspecified atom stereocenters. The number of halogens is 1. The Morgan fingerprint density at radius 2 is 1.76 bits per heavy atom. The average Bonchev–Trinajstić information content (AvgIpc) is 3.20. The summed E-state index contributed by atoms with van der Waals surface area (Å²) >= 11 is 6.31. The van der Waals surface area contributed by atoms with Gasteiger partial charge in [0.05, 0.1) is 6.54 Å². The Bertz CT molecular complexity index is 1440. The van der Waals surface area contributed by atoms with Crippen molar-refractivity contribution in [1.29, 1.82) is 0 Å². The molecule has 0 spiro atoms.